The summed E-state index contributed by atoms with van der Waals surface area (Å²) in [6, 6.07) is 7.95. The number of carboxylic acid groups (broad SMARTS) is 1. The largest absolute Gasteiger partial charge is 0.481 e. The molecule has 2 aromatic rings. The predicted octanol–water partition coefficient (Wildman–Crippen LogP) is 2.24. The summed E-state index contributed by atoms with van der Waals surface area (Å²) in [5, 5.41) is 10.1. The first kappa shape index (κ1) is 12.8. The molecule has 0 spiro atoms. The molecule has 0 aliphatic carbocycles. The van der Waals surface area contributed by atoms with Crippen LogP contribution in [0, 0.1) is 12.8 Å². The number of aromatic nitrogens is 2. The van der Waals surface area contributed by atoms with Gasteiger partial charge in [0.1, 0.15) is 11.6 Å². The van der Waals surface area contributed by atoms with Crippen molar-refractivity contribution in [3.63, 3.8) is 0 Å². The fourth-order valence-corrected chi connectivity index (χ4v) is 2.75. The molecular weight excluding hydrogens is 254 g/mol. The smallest absolute Gasteiger partial charge is 0.306 e. The van der Waals surface area contributed by atoms with Crippen LogP contribution < -0.4 is 4.90 Å². The molecule has 3 rings (SSSR count). The van der Waals surface area contributed by atoms with Gasteiger partial charge in [0.05, 0.1) is 11.4 Å². The SMILES string of the molecule is Cc1nc(N2CCC(C(=O)O)CC2)c2ccccc2n1. The molecule has 0 unspecified atom stereocenters. The van der Waals surface area contributed by atoms with E-state index in [0.29, 0.717) is 12.8 Å². The normalized spacial score (nSPS) is 16.6. The van der Waals surface area contributed by atoms with E-state index in [2.05, 4.69) is 14.9 Å². The zero-order valence-electron chi connectivity index (χ0n) is 11.4. The maximum atomic E-state index is 11.0. The number of nitrogens with zero attached hydrogens (tertiary/aromatic N) is 3. The number of rotatable bonds is 2. The van der Waals surface area contributed by atoms with Crippen LogP contribution in [0.5, 0.6) is 0 Å². The summed E-state index contributed by atoms with van der Waals surface area (Å²) in [5.41, 5.74) is 0.940. The molecule has 20 heavy (non-hydrogen) atoms. The lowest BCUT2D eigenvalue weighted by atomic mass is 9.97. The Balaban J connectivity index is 1.93. The second-order valence-corrected chi connectivity index (χ2v) is 5.21. The Labute approximate surface area is 117 Å². The van der Waals surface area contributed by atoms with Crippen molar-refractivity contribution in [3.05, 3.63) is 30.1 Å². The van der Waals surface area contributed by atoms with E-state index in [-0.39, 0.29) is 5.92 Å². The lowest BCUT2D eigenvalue weighted by molar-refractivity contribution is -0.142. The summed E-state index contributed by atoms with van der Waals surface area (Å²) in [4.78, 5) is 22.2. The van der Waals surface area contributed by atoms with Crippen molar-refractivity contribution in [1.29, 1.82) is 0 Å². The molecule has 0 bridgehead atoms. The molecule has 5 nitrogen and oxygen atoms in total. The van der Waals surface area contributed by atoms with Gasteiger partial charge in [-0.25, -0.2) is 9.97 Å². The zero-order valence-corrected chi connectivity index (χ0v) is 11.4. The summed E-state index contributed by atoms with van der Waals surface area (Å²) in [6.07, 6.45) is 1.35. The first-order chi connectivity index (χ1) is 9.65. The van der Waals surface area contributed by atoms with E-state index >= 15 is 0 Å². The van der Waals surface area contributed by atoms with E-state index < -0.39 is 5.97 Å². The van der Waals surface area contributed by atoms with Crippen molar-refractivity contribution >= 4 is 22.7 Å². The maximum Gasteiger partial charge on any atom is 0.306 e. The van der Waals surface area contributed by atoms with Gasteiger partial charge in [-0.3, -0.25) is 4.79 Å². The minimum atomic E-state index is -0.687. The summed E-state index contributed by atoms with van der Waals surface area (Å²) in [5.74, 6) is 0.768. The molecule has 0 atom stereocenters. The van der Waals surface area contributed by atoms with E-state index in [0.717, 1.165) is 35.6 Å². The molecule has 104 valence electrons. The first-order valence-electron chi connectivity index (χ1n) is 6.86. The average Bonchev–Trinajstić information content (AvgIpc) is 2.46. The van der Waals surface area contributed by atoms with Gasteiger partial charge in [-0.1, -0.05) is 12.1 Å². The summed E-state index contributed by atoms with van der Waals surface area (Å²) < 4.78 is 0. The monoisotopic (exact) mass is 271 g/mol. The molecule has 1 aliphatic heterocycles. The molecule has 1 aromatic heterocycles. The lowest BCUT2D eigenvalue weighted by Crippen LogP contribution is -2.37. The van der Waals surface area contributed by atoms with Crippen LogP contribution in [0.1, 0.15) is 18.7 Å². The number of fused-ring (bicyclic) bond motifs is 1. The van der Waals surface area contributed by atoms with Crippen molar-refractivity contribution in [3.8, 4) is 0 Å². The highest BCUT2D eigenvalue weighted by molar-refractivity contribution is 5.89. The van der Waals surface area contributed by atoms with Crippen LogP contribution >= 0.6 is 0 Å². The third kappa shape index (κ3) is 2.31. The summed E-state index contributed by atoms with van der Waals surface area (Å²) >= 11 is 0. The van der Waals surface area contributed by atoms with E-state index in [1.807, 2.05) is 31.2 Å². The molecule has 1 fully saturated rings. The molecule has 1 aromatic carbocycles. The quantitative estimate of drug-likeness (QED) is 0.907. The first-order valence-corrected chi connectivity index (χ1v) is 6.86. The highest BCUT2D eigenvalue weighted by atomic mass is 16.4. The third-order valence-electron chi connectivity index (χ3n) is 3.84. The maximum absolute atomic E-state index is 11.0. The van der Waals surface area contributed by atoms with E-state index in [1.165, 1.54) is 0 Å². The number of carboxylic acids is 1. The van der Waals surface area contributed by atoms with Crippen molar-refractivity contribution in [2.45, 2.75) is 19.8 Å². The molecule has 0 radical (unpaired) electrons. The topological polar surface area (TPSA) is 66.3 Å². The van der Waals surface area contributed by atoms with Crippen LogP contribution in [-0.2, 0) is 4.79 Å². The summed E-state index contributed by atoms with van der Waals surface area (Å²) in [7, 11) is 0. The van der Waals surface area contributed by atoms with Gasteiger partial charge >= 0.3 is 5.97 Å². The van der Waals surface area contributed by atoms with Crippen LogP contribution in [-0.4, -0.2) is 34.1 Å². The number of piperidine rings is 1. The van der Waals surface area contributed by atoms with Crippen LogP contribution in [0.3, 0.4) is 0 Å². The number of aryl methyl sites for hydroxylation is 1. The number of benzene rings is 1. The molecule has 1 N–H and O–H groups in total. The molecule has 0 amide bonds. The third-order valence-corrected chi connectivity index (χ3v) is 3.84. The molecule has 1 aliphatic rings. The number of hydrogen-bond acceptors (Lipinski definition) is 4. The van der Waals surface area contributed by atoms with Crippen LogP contribution in [0.2, 0.25) is 0 Å². The number of para-hydroxylation sites is 1. The van der Waals surface area contributed by atoms with Gasteiger partial charge in [0.2, 0.25) is 0 Å². The second-order valence-electron chi connectivity index (χ2n) is 5.21. The highest BCUT2D eigenvalue weighted by Gasteiger charge is 2.26. The van der Waals surface area contributed by atoms with Gasteiger partial charge in [-0.2, -0.15) is 0 Å². The van der Waals surface area contributed by atoms with E-state index in [4.69, 9.17) is 5.11 Å². The van der Waals surface area contributed by atoms with Crippen LogP contribution in [0.15, 0.2) is 24.3 Å². The highest BCUT2D eigenvalue weighted by Crippen LogP contribution is 2.28. The Kier molecular flexibility index (Phi) is 3.26. The molecule has 5 heteroatoms. The van der Waals surface area contributed by atoms with Crippen molar-refractivity contribution in [1.82, 2.24) is 9.97 Å². The van der Waals surface area contributed by atoms with Gasteiger partial charge in [0, 0.05) is 18.5 Å². The van der Waals surface area contributed by atoms with Crippen molar-refractivity contribution in [2.24, 2.45) is 5.92 Å². The number of hydrogen-bond donors (Lipinski definition) is 1. The lowest BCUT2D eigenvalue weighted by Gasteiger charge is -2.31. The van der Waals surface area contributed by atoms with Gasteiger partial charge < -0.3 is 10.0 Å². The average molecular weight is 271 g/mol. The van der Waals surface area contributed by atoms with Crippen LogP contribution in [0.25, 0.3) is 10.9 Å². The molecule has 1 saturated heterocycles. The fourth-order valence-electron chi connectivity index (χ4n) is 2.75. The van der Waals surface area contributed by atoms with Gasteiger partial charge in [-0.15, -0.1) is 0 Å². The standard InChI is InChI=1S/C15H17N3O2/c1-10-16-13-5-3-2-4-12(13)14(17-10)18-8-6-11(7-9-18)15(19)20/h2-5,11H,6-9H2,1H3,(H,19,20). The van der Waals surface area contributed by atoms with Crippen molar-refractivity contribution < 1.29 is 9.90 Å². The minimum absolute atomic E-state index is 0.222. The molecular formula is C15H17N3O2. The van der Waals surface area contributed by atoms with Gasteiger partial charge in [0.15, 0.2) is 0 Å². The molecule has 0 saturated carbocycles. The zero-order chi connectivity index (χ0) is 14.1. The Bertz CT molecular complexity index is 649. The Hall–Kier alpha value is -2.17. The van der Waals surface area contributed by atoms with Gasteiger partial charge in [0.25, 0.3) is 0 Å². The molecule has 2 heterocycles. The Morgan fingerprint density at radius 3 is 2.65 bits per heavy atom. The Morgan fingerprint density at radius 1 is 1.25 bits per heavy atom. The minimum Gasteiger partial charge on any atom is -0.481 e. The van der Waals surface area contributed by atoms with Gasteiger partial charge in [-0.05, 0) is 31.9 Å². The Morgan fingerprint density at radius 2 is 1.95 bits per heavy atom. The number of aliphatic carboxylic acids is 1. The summed E-state index contributed by atoms with van der Waals surface area (Å²) in [6.45, 7) is 3.36. The fraction of sp³-hybridized carbons (Fsp3) is 0.400. The number of carbonyl (C=O) groups is 1. The predicted molar refractivity (Wildman–Crippen MR) is 76.8 cm³/mol. The van der Waals surface area contributed by atoms with E-state index in [1.54, 1.807) is 0 Å². The second kappa shape index (κ2) is 5.07. The van der Waals surface area contributed by atoms with Crippen LogP contribution in [0.4, 0.5) is 5.82 Å². The van der Waals surface area contributed by atoms with E-state index in [9.17, 15) is 4.79 Å². The number of anilines is 1. The van der Waals surface area contributed by atoms with Crippen molar-refractivity contribution in [2.75, 3.05) is 18.0 Å².